The van der Waals surface area contributed by atoms with E-state index in [2.05, 4.69) is 5.32 Å². The Morgan fingerprint density at radius 2 is 1.58 bits per heavy atom. The molecule has 9 nitrogen and oxygen atoms in total. The SMILES string of the molecule is COCC(C)(C)CC(=O)NCCC(C)(C)OCCC(C)(C)C(=O)ON1C(=O)CCC1=O. The third kappa shape index (κ3) is 9.35. The van der Waals surface area contributed by atoms with Gasteiger partial charge < -0.3 is 19.6 Å². The van der Waals surface area contributed by atoms with E-state index in [1.54, 1.807) is 21.0 Å². The Bertz CT molecular complexity index is 655. The molecule has 1 rings (SSSR count). The summed E-state index contributed by atoms with van der Waals surface area (Å²) in [4.78, 5) is 52.8. The van der Waals surface area contributed by atoms with Crippen molar-refractivity contribution in [3.63, 3.8) is 0 Å². The lowest BCUT2D eigenvalue weighted by Crippen LogP contribution is -2.39. The van der Waals surface area contributed by atoms with Gasteiger partial charge >= 0.3 is 5.97 Å². The predicted molar refractivity (Wildman–Crippen MR) is 114 cm³/mol. The van der Waals surface area contributed by atoms with Crippen LogP contribution in [0.3, 0.4) is 0 Å². The fourth-order valence-corrected chi connectivity index (χ4v) is 3.06. The monoisotopic (exact) mass is 442 g/mol. The number of hydrogen-bond acceptors (Lipinski definition) is 7. The van der Waals surface area contributed by atoms with Gasteiger partial charge in [-0.3, -0.25) is 14.4 Å². The molecule has 0 unspecified atom stereocenters. The summed E-state index contributed by atoms with van der Waals surface area (Å²) in [5.41, 5.74) is -1.66. The van der Waals surface area contributed by atoms with Crippen molar-refractivity contribution >= 4 is 23.7 Å². The normalized spacial score (nSPS) is 15.4. The fraction of sp³-hybridized carbons (Fsp3) is 0.818. The van der Waals surface area contributed by atoms with Gasteiger partial charge in [0.05, 0.1) is 17.6 Å². The third-order valence-electron chi connectivity index (χ3n) is 5.18. The van der Waals surface area contributed by atoms with Gasteiger partial charge in [-0.1, -0.05) is 13.8 Å². The second kappa shape index (κ2) is 11.0. The Hall–Kier alpha value is -2.00. The number of nitrogens with zero attached hydrogens (tertiary/aromatic N) is 1. The molecule has 0 atom stereocenters. The van der Waals surface area contributed by atoms with Crippen LogP contribution in [0, 0.1) is 10.8 Å². The van der Waals surface area contributed by atoms with Gasteiger partial charge in [-0.25, -0.2) is 4.79 Å². The van der Waals surface area contributed by atoms with Crippen molar-refractivity contribution in [1.82, 2.24) is 10.4 Å². The van der Waals surface area contributed by atoms with Gasteiger partial charge in [0.15, 0.2) is 0 Å². The minimum Gasteiger partial charge on any atom is -0.384 e. The Morgan fingerprint density at radius 1 is 1.00 bits per heavy atom. The molecular formula is C22H38N2O7. The van der Waals surface area contributed by atoms with E-state index >= 15 is 0 Å². The van der Waals surface area contributed by atoms with Crippen molar-refractivity contribution in [2.24, 2.45) is 10.8 Å². The molecule has 1 saturated heterocycles. The molecule has 9 heteroatoms. The number of amides is 3. The molecule has 0 bridgehead atoms. The molecule has 1 N–H and O–H groups in total. The van der Waals surface area contributed by atoms with Crippen molar-refractivity contribution in [1.29, 1.82) is 0 Å². The highest BCUT2D eigenvalue weighted by Crippen LogP contribution is 2.26. The zero-order valence-corrected chi connectivity index (χ0v) is 20.0. The maximum absolute atomic E-state index is 12.4. The van der Waals surface area contributed by atoms with E-state index in [-0.39, 0.29) is 30.8 Å². The van der Waals surface area contributed by atoms with Crippen LogP contribution in [-0.4, -0.2) is 61.2 Å². The lowest BCUT2D eigenvalue weighted by Gasteiger charge is -2.29. The molecule has 1 heterocycles. The van der Waals surface area contributed by atoms with Crippen LogP contribution >= 0.6 is 0 Å². The molecule has 3 amide bonds. The molecule has 178 valence electrons. The number of hydrogen-bond donors (Lipinski definition) is 1. The van der Waals surface area contributed by atoms with Crippen LogP contribution in [-0.2, 0) is 33.5 Å². The van der Waals surface area contributed by atoms with E-state index in [4.69, 9.17) is 14.3 Å². The minimum absolute atomic E-state index is 0.0345. The number of hydroxylamine groups is 2. The van der Waals surface area contributed by atoms with Crippen molar-refractivity contribution in [2.75, 3.05) is 26.9 Å². The largest absolute Gasteiger partial charge is 0.384 e. The summed E-state index contributed by atoms with van der Waals surface area (Å²) in [6.07, 6.45) is 1.45. The highest BCUT2D eigenvalue weighted by molar-refractivity contribution is 6.01. The fourth-order valence-electron chi connectivity index (χ4n) is 3.06. The topological polar surface area (TPSA) is 111 Å². The maximum Gasteiger partial charge on any atom is 0.338 e. The lowest BCUT2D eigenvalue weighted by molar-refractivity contribution is -0.205. The number of nitrogens with one attached hydrogen (secondary N) is 1. The first-order valence-electron chi connectivity index (χ1n) is 10.7. The van der Waals surface area contributed by atoms with Crippen molar-refractivity contribution < 1.29 is 33.5 Å². The second-order valence-corrected chi connectivity index (χ2v) is 10.1. The van der Waals surface area contributed by atoms with Crippen LogP contribution in [0.2, 0.25) is 0 Å². The lowest BCUT2D eigenvalue weighted by atomic mass is 9.90. The Labute approximate surface area is 185 Å². The summed E-state index contributed by atoms with van der Waals surface area (Å²) in [7, 11) is 1.62. The first-order valence-corrected chi connectivity index (χ1v) is 10.7. The smallest absolute Gasteiger partial charge is 0.338 e. The van der Waals surface area contributed by atoms with Crippen LogP contribution in [0.25, 0.3) is 0 Å². The highest BCUT2D eigenvalue weighted by atomic mass is 16.7. The molecule has 1 aliphatic rings. The Kier molecular flexibility index (Phi) is 9.63. The van der Waals surface area contributed by atoms with E-state index in [9.17, 15) is 19.2 Å². The van der Waals surface area contributed by atoms with Crippen LogP contribution in [0.15, 0.2) is 0 Å². The molecule has 0 aromatic rings. The van der Waals surface area contributed by atoms with Crippen LogP contribution in [0.5, 0.6) is 0 Å². The summed E-state index contributed by atoms with van der Waals surface area (Å²) in [5.74, 6) is -1.69. The van der Waals surface area contributed by atoms with Gasteiger partial charge in [0.25, 0.3) is 11.8 Å². The molecule has 0 radical (unpaired) electrons. The van der Waals surface area contributed by atoms with Crippen molar-refractivity contribution in [3.05, 3.63) is 0 Å². The number of rotatable bonds is 13. The van der Waals surface area contributed by atoms with Gasteiger partial charge in [0.1, 0.15) is 0 Å². The number of ether oxygens (including phenoxy) is 2. The average Bonchev–Trinajstić information content (AvgIpc) is 2.92. The standard InChI is InChI=1S/C22H38N2O7/c1-20(2,15-29-7)14-16(25)23-12-10-22(5,6)30-13-11-21(3,4)19(28)31-24-17(26)8-9-18(24)27/h8-15H2,1-7H3,(H,23,25). The summed E-state index contributed by atoms with van der Waals surface area (Å²) < 4.78 is 11.1. The first-order chi connectivity index (χ1) is 14.2. The first kappa shape index (κ1) is 27.0. The minimum atomic E-state index is -0.930. The van der Waals surface area contributed by atoms with E-state index < -0.39 is 28.8 Å². The number of carbonyl (C=O) groups excluding carboxylic acids is 4. The maximum atomic E-state index is 12.4. The Balaban J connectivity index is 2.38. The molecule has 1 fully saturated rings. The molecular weight excluding hydrogens is 404 g/mol. The van der Waals surface area contributed by atoms with Crippen LogP contribution < -0.4 is 5.32 Å². The zero-order chi connectivity index (χ0) is 23.9. The predicted octanol–water partition coefficient (Wildman–Crippen LogP) is 2.37. The van der Waals surface area contributed by atoms with E-state index in [0.717, 1.165) is 0 Å². The molecule has 0 aromatic carbocycles. The quantitative estimate of drug-likeness (QED) is 0.436. The Morgan fingerprint density at radius 3 is 2.13 bits per heavy atom. The average molecular weight is 443 g/mol. The van der Waals surface area contributed by atoms with Gasteiger partial charge in [0.2, 0.25) is 5.91 Å². The summed E-state index contributed by atoms with van der Waals surface area (Å²) >= 11 is 0. The molecule has 0 aromatic heterocycles. The number of carbonyl (C=O) groups is 4. The zero-order valence-electron chi connectivity index (χ0n) is 20.0. The van der Waals surface area contributed by atoms with Crippen molar-refractivity contribution in [2.45, 2.75) is 79.2 Å². The van der Waals surface area contributed by atoms with Crippen LogP contribution in [0.1, 0.15) is 73.6 Å². The van der Waals surface area contributed by atoms with E-state index in [1.807, 2.05) is 27.7 Å². The van der Waals surface area contributed by atoms with Gasteiger partial charge in [-0.15, -0.1) is 5.06 Å². The van der Waals surface area contributed by atoms with Crippen LogP contribution in [0.4, 0.5) is 0 Å². The molecule has 31 heavy (non-hydrogen) atoms. The third-order valence-corrected chi connectivity index (χ3v) is 5.18. The summed E-state index contributed by atoms with van der Waals surface area (Å²) in [5, 5.41) is 3.47. The van der Waals surface area contributed by atoms with Gasteiger partial charge in [-0.2, -0.15) is 0 Å². The number of imide groups is 1. The van der Waals surface area contributed by atoms with E-state index in [0.29, 0.717) is 37.5 Å². The molecule has 0 aliphatic carbocycles. The molecule has 0 saturated carbocycles. The summed E-state index contributed by atoms with van der Waals surface area (Å²) in [6.45, 7) is 12.4. The van der Waals surface area contributed by atoms with Gasteiger partial charge in [-0.05, 0) is 46.0 Å². The second-order valence-electron chi connectivity index (χ2n) is 10.1. The molecule has 0 spiro atoms. The summed E-state index contributed by atoms with van der Waals surface area (Å²) in [6, 6.07) is 0. The van der Waals surface area contributed by atoms with Crippen molar-refractivity contribution in [3.8, 4) is 0 Å². The van der Waals surface area contributed by atoms with E-state index in [1.165, 1.54) is 0 Å². The number of methoxy groups -OCH3 is 1. The van der Waals surface area contributed by atoms with Gasteiger partial charge in [0, 0.05) is 39.5 Å². The highest BCUT2D eigenvalue weighted by Gasteiger charge is 2.38. The molecule has 1 aliphatic heterocycles.